The average Bonchev–Trinajstić information content (AvgIpc) is 2.46. The van der Waals surface area contributed by atoms with Crippen molar-refractivity contribution in [2.24, 2.45) is 5.73 Å². The number of carbonyl (C=O) groups excluding carboxylic acids is 2. The zero-order valence-corrected chi connectivity index (χ0v) is 12.3. The first-order valence-corrected chi connectivity index (χ1v) is 6.76. The van der Waals surface area contributed by atoms with Crippen molar-refractivity contribution in [3.8, 4) is 5.75 Å². The number of anilines is 2. The number of halogens is 1. The highest BCUT2D eigenvalue weighted by Crippen LogP contribution is 2.23. The molecule has 6 nitrogen and oxygen atoms in total. The molecule has 114 valence electrons. The number of rotatable bonds is 5. The van der Waals surface area contributed by atoms with Crippen LogP contribution in [0.2, 0.25) is 5.02 Å². The van der Waals surface area contributed by atoms with Gasteiger partial charge >= 0.3 is 6.03 Å². The molecule has 2 rings (SSSR count). The SMILES string of the molecule is NC(=O)Nc1cccc(NC(=O)COc2ccccc2Cl)c1. The largest absolute Gasteiger partial charge is 0.482 e. The molecule has 0 fully saturated rings. The Kier molecular flexibility index (Phi) is 5.21. The van der Waals surface area contributed by atoms with Gasteiger partial charge in [0.15, 0.2) is 6.61 Å². The van der Waals surface area contributed by atoms with Crippen molar-refractivity contribution in [1.82, 2.24) is 0 Å². The van der Waals surface area contributed by atoms with Crippen LogP contribution in [0.15, 0.2) is 48.5 Å². The third-order valence-electron chi connectivity index (χ3n) is 2.61. The van der Waals surface area contributed by atoms with Crippen molar-refractivity contribution in [3.05, 3.63) is 53.6 Å². The minimum Gasteiger partial charge on any atom is -0.482 e. The van der Waals surface area contributed by atoms with Crippen molar-refractivity contribution in [2.75, 3.05) is 17.2 Å². The van der Waals surface area contributed by atoms with Crippen LogP contribution in [0.3, 0.4) is 0 Å². The van der Waals surface area contributed by atoms with E-state index in [1.54, 1.807) is 48.5 Å². The second kappa shape index (κ2) is 7.33. The Bertz CT molecular complexity index is 691. The highest BCUT2D eigenvalue weighted by atomic mass is 35.5. The zero-order chi connectivity index (χ0) is 15.9. The second-order valence-electron chi connectivity index (χ2n) is 4.34. The lowest BCUT2D eigenvalue weighted by Crippen LogP contribution is -2.21. The molecule has 22 heavy (non-hydrogen) atoms. The number of benzene rings is 2. The van der Waals surface area contributed by atoms with Crippen molar-refractivity contribution in [2.45, 2.75) is 0 Å². The van der Waals surface area contributed by atoms with Crippen LogP contribution < -0.4 is 21.1 Å². The summed E-state index contributed by atoms with van der Waals surface area (Å²) in [4.78, 5) is 22.6. The third-order valence-corrected chi connectivity index (χ3v) is 2.92. The molecule has 2 aromatic carbocycles. The summed E-state index contributed by atoms with van der Waals surface area (Å²) in [5, 5.41) is 5.50. The summed E-state index contributed by atoms with van der Waals surface area (Å²) in [6.45, 7) is -0.183. The minimum atomic E-state index is -0.675. The summed E-state index contributed by atoms with van der Waals surface area (Å²) < 4.78 is 5.33. The standard InChI is InChI=1S/C15H14ClN3O3/c16-12-6-1-2-7-13(12)22-9-14(20)18-10-4-3-5-11(8-10)19-15(17)21/h1-8H,9H2,(H,18,20)(H3,17,19,21). The van der Waals surface area contributed by atoms with Gasteiger partial charge in [-0.15, -0.1) is 0 Å². The van der Waals surface area contributed by atoms with Gasteiger partial charge in [0.05, 0.1) is 5.02 Å². The molecule has 0 heterocycles. The van der Waals surface area contributed by atoms with Crippen LogP contribution in [0.4, 0.5) is 16.2 Å². The van der Waals surface area contributed by atoms with Crippen LogP contribution in [0, 0.1) is 0 Å². The normalized spacial score (nSPS) is 9.86. The number of amides is 3. The smallest absolute Gasteiger partial charge is 0.316 e. The van der Waals surface area contributed by atoms with Gasteiger partial charge in [0, 0.05) is 11.4 Å². The van der Waals surface area contributed by atoms with Crippen molar-refractivity contribution in [3.63, 3.8) is 0 Å². The molecule has 0 radical (unpaired) electrons. The highest BCUT2D eigenvalue weighted by Gasteiger charge is 2.06. The van der Waals surface area contributed by atoms with Gasteiger partial charge in [-0.05, 0) is 30.3 Å². The van der Waals surface area contributed by atoms with Gasteiger partial charge in [0.2, 0.25) is 0 Å². The molecule has 0 aromatic heterocycles. The van der Waals surface area contributed by atoms with Crippen LogP contribution in [0.25, 0.3) is 0 Å². The van der Waals surface area contributed by atoms with E-state index in [1.807, 2.05) is 0 Å². The molecule has 0 aliphatic heterocycles. The predicted octanol–water partition coefficient (Wildman–Crippen LogP) is 2.85. The van der Waals surface area contributed by atoms with E-state index in [0.29, 0.717) is 22.1 Å². The van der Waals surface area contributed by atoms with Crippen LogP contribution in [-0.2, 0) is 4.79 Å². The molecule has 0 saturated heterocycles. The summed E-state index contributed by atoms with van der Waals surface area (Å²) in [7, 11) is 0. The highest BCUT2D eigenvalue weighted by molar-refractivity contribution is 6.32. The van der Waals surface area contributed by atoms with E-state index in [4.69, 9.17) is 22.1 Å². The molecule has 0 aliphatic rings. The van der Waals surface area contributed by atoms with E-state index in [1.165, 1.54) is 0 Å². The number of nitrogens with two attached hydrogens (primary N) is 1. The maximum atomic E-state index is 11.8. The Morgan fingerprint density at radius 2 is 1.73 bits per heavy atom. The number of urea groups is 1. The Hall–Kier alpha value is -2.73. The van der Waals surface area contributed by atoms with Crippen LogP contribution in [0.5, 0.6) is 5.75 Å². The zero-order valence-electron chi connectivity index (χ0n) is 11.5. The molecule has 0 spiro atoms. The summed E-state index contributed by atoms with van der Waals surface area (Å²) in [5.74, 6) is 0.0830. The van der Waals surface area contributed by atoms with Gasteiger partial charge in [-0.25, -0.2) is 4.79 Å². The first-order chi connectivity index (χ1) is 10.5. The second-order valence-corrected chi connectivity index (χ2v) is 4.74. The minimum absolute atomic E-state index is 0.183. The number of hydrogen-bond acceptors (Lipinski definition) is 3. The van der Waals surface area contributed by atoms with Crippen molar-refractivity contribution in [1.29, 1.82) is 0 Å². The molecule has 0 aliphatic carbocycles. The number of ether oxygens (including phenoxy) is 1. The van der Waals surface area contributed by atoms with Crippen LogP contribution in [-0.4, -0.2) is 18.5 Å². The summed E-state index contributed by atoms with van der Waals surface area (Å²) >= 11 is 5.93. The first-order valence-electron chi connectivity index (χ1n) is 6.38. The average molecular weight is 320 g/mol. The fourth-order valence-corrected chi connectivity index (χ4v) is 1.91. The topological polar surface area (TPSA) is 93.5 Å². The van der Waals surface area contributed by atoms with Gasteiger partial charge in [-0.3, -0.25) is 4.79 Å². The number of nitrogens with one attached hydrogen (secondary N) is 2. The lowest BCUT2D eigenvalue weighted by molar-refractivity contribution is -0.118. The summed E-state index contributed by atoms with van der Waals surface area (Å²) in [6, 6.07) is 12.8. The fraction of sp³-hybridized carbons (Fsp3) is 0.0667. The van der Waals surface area contributed by atoms with E-state index in [9.17, 15) is 9.59 Å². The lowest BCUT2D eigenvalue weighted by Gasteiger charge is -2.09. The van der Waals surface area contributed by atoms with Gasteiger partial charge in [0.1, 0.15) is 5.75 Å². The van der Waals surface area contributed by atoms with Gasteiger partial charge in [-0.2, -0.15) is 0 Å². The third kappa shape index (κ3) is 4.68. The monoisotopic (exact) mass is 319 g/mol. The molecule has 0 atom stereocenters. The fourth-order valence-electron chi connectivity index (χ4n) is 1.72. The van der Waals surface area contributed by atoms with E-state index in [-0.39, 0.29) is 12.5 Å². The summed E-state index contributed by atoms with van der Waals surface area (Å²) in [5.41, 5.74) is 6.03. The molecular formula is C15H14ClN3O3. The quantitative estimate of drug-likeness (QED) is 0.791. The molecule has 0 saturated carbocycles. The number of hydrogen-bond donors (Lipinski definition) is 3. The van der Waals surface area contributed by atoms with Crippen LogP contribution >= 0.6 is 11.6 Å². The van der Waals surface area contributed by atoms with E-state index in [0.717, 1.165) is 0 Å². The number of carbonyl (C=O) groups is 2. The first kappa shape index (κ1) is 15.7. The number of primary amides is 1. The summed E-state index contributed by atoms with van der Waals surface area (Å²) in [6.07, 6.45) is 0. The van der Waals surface area contributed by atoms with Gasteiger partial charge < -0.3 is 21.1 Å². The maximum Gasteiger partial charge on any atom is 0.316 e. The Balaban J connectivity index is 1.92. The van der Waals surface area contributed by atoms with E-state index in [2.05, 4.69) is 10.6 Å². The molecule has 2 aromatic rings. The lowest BCUT2D eigenvalue weighted by atomic mass is 10.2. The maximum absolute atomic E-state index is 11.8. The predicted molar refractivity (Wildman–Crippen MR) is 85.2 cm³/mol. The number of para-hydroxylation sites is 1. The van der Waals surface area contributed by atoms with Crippen LogP contribution in [0.1, 0.15) is 0 Å². The Morgan fingerprint density at radius 1 is 1.05 bits per heavy atom. The van der Waals surface area contributed by atoms with E-state index >= 15 is 0 Å². The Morgan fingerprint density at radius 3 is 2.41 bits per heavy atom. The Labute approximate surface area is 132 Å². The van der Waals surface area contributed by atoms with Crippen molar-refractivity contribution < 1.29 is 14.3 Å². The van der Waals surface area contributed by atoms with Gasteiger partial charge in [-0.1, -0.05) is 29.8 Å². The molecule has 0 bridgehead atoms. The molecule has 3 amide bonds. The molecular weight excluding hydrogens is 306 g/mol. The molecule has 4 N–H and O–H groups in total. The van der Waals surface area contributed by atoms with E-state index < -0.39 is 6.03 Å². The molecule has 7 heteroatoms. The molecule has 0 unspecified atom stereocenters. The van der Waals surface area contributed by atoms with Crippen molar-refractivity contribution >= 4 is 34.9 Å². The van der Waals surface area contributed by atoms with Gasteiger partial charge in [0.25, 0.3) is 5.91 Å².